The Morgan fingerprint density at radius 1 is 0.941 bits per heavy atom. The molecule has 2 atom stereocenters. The van der Waals surface area contributed by atoms with Crippen molar-refractivity contribution in [2.45, 2.75) is 81.1 Å². The van der Waals surface area contributed by atoms with E-state index < -0.39 is 0 Å². The van der Waals surface area contributed by atoms with Gasteiger partial charge in [-0.15, -0.1) is 0 Å². The van der Waals surface area contributed by atoms with Crippen molar-refractivity contribution >= 4 is 0 Å². The summed E-state index contributed by atoms with van der Waals surface area (Å²) in [5.41, 5.74) is 0.930. The lowest BCUT2D eigenvalue weighted by molar-refractivity contribution is 0.212. The van der Waals surface area contributed by atoms with Crippen LogP contribution in [0.5, 0.6) is 0 Å². The van der Waals surface area contributed by atoms with E-state index in [1.54, 1.807) is 0 Å². The average molecular weight is 239 g/mol. The molecular formula is C17H35. The molecule has 0 aromatic heterocycles. The fraction of sp³-hybridized carbons (Fsp3) is 0.941. The second-order valence-electron chi connectivity index (χ2n) is 7.64. The van der Waals surface area contributed by atoms with E-state index in [1.165, 1.54) is 25.7 Å². The molecule has 1 radical (unpaired) electrons. The Kier molecular flexibility index (Phi) is 6.81. The van der Waals surface area contributed by atoms with Gasteiger partial charge >= 0.3 is 0 Å². The maximum Gasteiger partial charge on any atom is -0.0326 e. The minimum absolute atomic E-state index is 0.458. The Morgan fingerprint density at radius 3 is 1.88 bits per heavy atom. The molecule has 0 aromatic rings. The molecule has 0 aliphatic heterocycles. The largest absolute Gasteiger partial charge is 0.0651 e. The molecule has 0 aliphatic rings. The molecule has 0 saturated carbocycles. The second-order valence-corrected chi connectivity index (χ2v) is 7.64. The van der Waals surface area contributed by atoms with Crippen LogP contribution >= 0.6 is 0 Å². The zero-order chi connectivity index (χ0) is 13.7. The average Bonchev–Trinajstić information content (AvgIpc) is 2.21. The number of rotatable bonds is 7. The molecule has 17 heavy (non-hydrogen) atoms. The zero-order valence-electron chi connectivity index (χ0n) is 13.6. The summed E-state index contributed by atoms with van der Waals surface area (Å²) in [6.45, 7) is 18.9. The van der Waals surface area contributed by atoms with Crippen LogP contribution in [0.15, 0.2) is 0 Å². The molecular weight excluding hydrogens is 204 g/mol. The third-order valence-corrected chi connectivity index (χ3v) is 4.90. The highest BCUT2D eigenvalue weighted by molar-refractivity contribution is 4.82. The predicted octanol–water partition coefficient (Wildman–Crippen LogP) is 6.12. The fourth-order valence-electron chi connectivity index (χ4n) is 2.03. The van der Waals surface area contributed by atoms with Gasteiger partial charge in [0.1, 0.15) is 0 Å². The molecule has 0 saturated heterocycles. The Hall–Kier alpha value is 0. The third-order valence-electron chi connectivity index (χ3n) is 4.90. The van der Waals surface area contributed by atoms with Gasteiger partial charge in [0.15, 0.2) is 0 Å². The Labute approximate surface area is 111 Å². The molecule has 103 valence electrons. The van der Waals surface area contributed by atoms with Crippen LogP contribution in [0.25, 0.3) is 0 Å². The van der Waals surface area contributed by atoms with Gasteiger partial charge in [-0.3, -0.25) is 0 Å². The molecule has 0 heterocycles. The SMILES string of the molecule is CCC(C)C(C)(C)C[CH]CCC(C)C(C)(C)C. The molecule has 0 rings (SSSR count). The van der Waals surface area contributed by atoms with Crippen molar-refractivity contribution in [3.05, 3.63) is 6.42 Å². The van der Waals surface area contributed by atoms with Crippen LogP contribution in [0.1, 0.15) is 81.1 Å². The van der Waals surface area contributed by atoms with Crippen LogP contribution in [0, 0.1) is 29.1 Å². The molecule has 0 spiro atoms. The third kappa shape index (κ3) is 6.48. The summed E-state index contributed by atoms with van der Waals surface area (Å²) >= 11 is 0. The maximum atomic E-state index is 2.52. The Balaban J connectivity index is 3.86. The standard InChI is InChI=1S/C17H35/c1-9-14(2)17(7,8)13-11-10-12-15(3)16(4,5)6/h11,14-15H,9-10,12-13H2,1-8H3. The number of unbranched alkanes of at least 4 members (excludes halogenated alkanes) is 1. The first-order valence-electron chi connectivity index (χ1n) is 7.43. The van der Waals surface area contributed by atoms with E-state index in [-0.39, 0.29) is 0 Å². The molecule has 0 amide bonds. The van der Waals surface area contributed by atoms with Gasteiger partial charge in [-0.05, 0) is 48.3 Å². The van der Waals surface area contributed by atoms with Crippen LogP contribution in [0.2, 0.25) is 0 Å². The van der Waals surface area contributed by atoms with Crippen LogP contribution in [-0.2, 0) is 0 Å². The van der Waals surface area contributed by atoms with Gasteiger partial charge in [-0.1, -0.05) is 61.8 Å². The van der Waals surface area contributed by atoms with E-state index in [0.29, 0.717) is 10.8 Å². The highest BCUT2D eigenvalue weighted by Gasteiger charge is 2.24. The van der Waals surface area contributed by atoms with Crippen LogP contribution in [0.3, 0.4) is 0 Å². The molecule has 0 bridgehead atoms. The smallest absolute Gasteiger partial charge is 0.0326 e. The molecule has 2 unspecified atom stereocenters. The van der Waals surface area contributed by atoms with E-state index in [4.69, 9.17) is 0 Å². The summed E-state index contributed by atoms with van der Waals surface area (Å²) < 4.78 is 0. The monoisotopic (exact) mass is 239 g/mol. The summed E-state index contributed by atoms with van der Waals surface area (Å²) in [6, 6.07) is 0. The van der Waals surface area contributed by atoms with E-state index >= 15 is 0 Å². The van der Waals surface area contributed by atoms with Crippen LogP contribution in [0.4, 0.5) is 0 Å². The van der Waals surface area contributed by atoms with Gasteiger partial charge in [0.05, 0.1) is 0 Å². The highest BCUT2D eigenvalue weighted by atomic mass is 14.3. The van der Waals surface area contributed by atoms with Gasteiger partial charge in [0.2, 0.25) is 0 Å². The van der Waals surface area contributed by atoms with Crippen LogP contribution < -0.4 is 0 Å². The van der Waals surface area contributed by atoms with Gasteiger partial charge in [0.25, 0.3) is 0 Å². The Bertz CT molecular complexity index is 195. The van der Waals surface area contributed by atoms with Crippen molar-refractivity contribution in [2.24, 2.45) is 22.7 Å². The number of hydrogen-bond acceptors (Lipinski definition) is 0. The molecule has 0 heteroatoms. The van der Waals surface area contributed by atoms with Crippen molar-refractivity contribution < 1.29 is 0 Å². The first-order valence-corrected chi connectivity index (χ1v) is 7.43. The first-order chi connectivity index (χ1) is 7.61. The van der Waals surface area contributed by atoms with Gasteiger partial charge < -0.3 is 0 Å². The lowest BCUT2D eigenvalue weighted by Crippen LogP contribution is -2.21. The molecule has 0 nitrogen and oxygen atoms in total. The summed E-state index contributed by atoms with van der Waals surface area (Å²) in [4.78, 5) is 0. The van der Waals surface area contributed by atoms with Crippen molar-refractivity contribution in [1.29, 1.82) is 0 Å². The van der Waals surface area contributed by atoms with Gasteiger partial charge in [-0.2, -0.15) is 0 Å². The molecule has 0 aromatic carbocycles. The van der Waals surface area contributed by atoms with Crippen molar-refractivity contribution in [3.8, 4) is 0 Å². The van der Waals surface area contributed by atoms with E-state index in [1.807, 2.05) is 0 Å². The quantitative estimate of drug-likeness (QED) is 0.470. The minimum atomic E-state index is 0.458. The molecule has 0 N–H and O–H groups in total. The molecule has 0 aliphatic carbocycles. The van der Waals surface area contributed by atoms with Gasteiger partial charge in [-0.25, -0.2) is 0 Å². The van der Waals surface area contributed by atoms with E-state index in [0.717, 1.165) is 11.8 Å². The van der Waals surface area contributed by atoms with Crippen LogP contribution in [-0.4, -0.2) is 0 Å². The maximum absolute atomic E-state index is 2.52. The lowest BCUT2D eigenvalue weighted by atomic mass is 9.74. The summed E-state index contributed by atoms with van der Waals surface area (Å²) in [5.74, 6) is 1.63. The minimum Gasteiger partial charge on any atom is -0.0651 e. The highest BCUT2D eigenvalue weighted by Crippen LogP contribution is 2.35. The number of hydrogen-bond donors (Lipinski definition) is 0. The fourth-order valence-corrected chi connectivity index (χ4v) is 2.03. The predicted molar refractivity (Wildman–Crippen MR) is 80.0 cm³/mol. The molecule has 0 fully saturated rings. The van der Waals surface area contributed by atoms with E-state index in [9.17, 15) is 0 Å². The van der Waals surface area contributed by atoms with Crippen molar-refractivity contribution in [2.75, 3.05) is 0 Å². The lowest BCUT2D eigenvalue weighted by Gasteiger charge is -2.32. The normalized spacial score (nSPS) is 16.9. The summed E-state index contributed by atoms with van der Waals surface area (Å²) in [7, 11) is 0. The van der Waals surface area contributed by atoms with Crippen molar-refractivity contribution in [3.63, 3.8) is 0 Å². The second kappa shape index (κ2) is 6.81. The summed E-state index contributed by atoms with van der Waals surface area (Å²) in [5, 5.41) is 0. The first kappa shape index (κ1) is 17.0. The van der Waals surface area contributed by atoms with Gasteiger partial charge in [0, 0.05) is 0 Å². The Morgan fingerprint density at radius 2 is 1.47 bits per heavy atom. The zero-order valence-corrected chi connectivity index (χ0v) is 13.6. The topological polar surface area (TPSA) is 0 Å². The summed E-state index contributed by atoms with van der Waals surface area (Å²) in [6.07, 6.45) is 7.69. The van der Waals surface area contributed by atoms with E-state index in [2.05, 4.69) is 61.8 Å². The van der Waals surface area contributed by atoms with Crippen molar-refractivity contribution in [1.82, 2.24) is 0 Å².